The predicted octanol–water partition coefficient (Wildman–Crippen LogP) is 2.88. The number of aliphatic hydroxyl groups excluding tert-OH is 1. The molecule has 0 bridgehead atoms. The van der Waals surface area contributed by atoms with Crippen LogP contribution in [-0.4, -0.2) is 23.0 Å². The summed E-state index contributed by atoms with van der Waals surface area (Å²) in [7, 11) is 0. The molecule has 25 heavy (non-hydrogen) atoms. The highest BCUT2D eigenvalue weighted by Crippen LogP contribution is 2.14. The van der Waals surface area contributed by atoms with Gasteiger partial charge < -0.3 is 15.7 Å². The number of benzene rings is 2. The van der Waals surface area contributed by atoms with Gasteiger partial charge in [-0.05, 0) is 42.2 Å². The summed E-state index contributed by atoms with van der Waals surface area (Å²) in [5, 5.41) is 14.8. The van der Waals surface area contributed by atoms with Gasteiger partial charge in [0.2, 0.25) is 5.91 Å². The van der Waals surface area contributed by atoms with Gasteiger partial charge in [0, 0.05) is 11.3 Å². The summed E-state index contributed by atoms with van der Waals surface area (Å²) in [5.41, 5.74) is 2.72. The maximum atomic E-state index is 12.6. The van der Waals surface area contributed by atoms with E-state index in [0.29, 0.717) is 16.8 Å². The van der Waals surface area contributed by atoms with Gasteiger partial charge in [0.1, 0.15) is 6.04 Å². The van der Waals surface area contributed by atoms with Crippen LogP contribution < -0.4 is 10.6 Å². The molecule has 0 saturated carbocycles. The summed E-state index contributed by atoms with van der Waals surface area (Å²) in [4.78, 5) is 25.1. The van der Waals surface area contributed by atoms with Crippen molar-refractivity contribution in [3.8, 4) is 0 Å². The Kier molecular flexibility index (Phi) is 6.31. The molecule has 0 spiro atoms. The Hall–Kier alpha value is -2.66. The molecule has 1 unspecified atom stereocenters. The molecule has 2 aromatic rings. The minimum absolute atomic E-state index is 0.0750. The van der Waals surface area contributed by atoms with Crippen molar-refractivity contribution in [2.45, 2.75) is 33.4 Å². The zero-order chi connectivity index (χ0) is 18.4. The highest BCUT2D eigenvalue weighted by Gasteiger charge is 2.25. The van der Waals surface area contributed by atoms with E-state index in [2.05, 4.69) is 10.6 Å². The van der Waals surface area contributed by atoms with Gasteiger partial charge in [-0.3, -0.25) is 9.59 Å². The van der Waals surface area contributed by atoms with E-state index in [1.165, 1.54) is 0 Å². The van der Waals surface area contributed by atoms with Crippen molar-refractivity contribution >= 4 is 17.5 Å². The Bertz CT molecular complexity index is 756. The number of carbonyl (C=O) groups excluding carboxylic acids is 2. The molecular weight excluding hydrogens is 316 g/mol. The molecule has 3 N–H and O–H groups in total. The smallest absolute Gasteiger partial charge is 0.252 e. The van der Waals surface area contributed by atoms with Crippen LogP contribution in [-0.2, 0) is 11.4 Å². The number of anilines is 1. The molecule has 0 radical (unpaired) electrons. The maximum Gasteiger partial charge on any atom is 0.252 e. The average Bonchev–Trinajstić information content (AvgIpc) is 2.59. The number of nitrogens with one attached hydrogen (secondary N) is 2. The lowest BCUT2D eigenvalue weighted by molar-refractivity contribution is -0.118. The molecule has 0 heterocycles. The SMILES string of the molecule is Cc1ccccc1C(=O)NC(C(=O)Nc1cccc(CO)c1)C(C)C. The number of hydrogen-bond donors (Lipinski definition) is 3. The van der Waals surface area contributed by atoms with Gasteiger partial charge in [0.15, 0.2) is 0 Å². The van der Waals surface area contributed by atoms with Gasteiger partial charge in [-0.25, -0.2) is 0 Å². The lowest BCUT2D eigenvalue weighted by Crippen LogP contribution is -2.47. The van der Waals surface area contributed by atoms with E-state index in [9.17, 15) is 14.7 Å². The molecule has 2 aromatic carbocycles. The zero-order valence-corrected chi connectivity index (χ0v) is 14.7. The summed E-state index contributed by atoms with van der Waals surface area (Å²) in [6.45, 7) is 5.53. The van der Waals surface area contributed by atoms with Crippen molar-refractivity contribution in [3.05, 3.63) is 65.2 Å². The highest BCUT2D eigenvalue weighted by atomic mass is 16.3. The standard InChI is InChI=1S/C20H24N2O3/c1-13(2)18(22-19(24)17-10-5-4-7-14(17)3)20(25)21-16-9-6-8-15(11-16)12-23/h4-11,13,18,23H,12H2,1-3H3,(H,21,25)(H,22,24). The molecule has 0 fully saturated rings. The Labute approximate surface area is 148 Å². The molecule has 1 atom stereocenters. The number of amides is 2. The van der Waals surface area contributed by atoms with Crippen molar-refractivity contribution in [1.29, 1.82) is 0 Å². The van der Waals surface area contributed by atoms with E-state index >= 15 is 0 Å². The summed E-state index contributed by atoms with van der Waals surface area (Å²) in [6.07, 6.45) is 0. The first-order valence-electron chi connectivity index (χ1n) is 8.29. The van der Waals surface area contributed by atoms with Crippen molar-refractivity contribution in [1.82, 2.24) is 5.32 Å². The van der Waals surface area contributed by atoms with E-state index in [1.54, 1.807) is 36.4 Å². The Morgan fingerprint density at radius 2 is 1.80 bits per heavy atom. The third kappa shape index (κ3) is 4.90. The minimum atomic E-state index is -0.662. The lowest BCUT2D eigenvalue weighted by atomic mass is 10.0. The van der Waals surface area contributed by atoms with Crippen molar-refractivity contribution in [3.63, 3.8) is 0 Å². The Balaban J connectivity index is 2.13. The molecule has 2 rings (SSSR count). The lowest BCUT2D eigenvalue weighted by Gasteiger charge is -2.22. The molecule has 0 aliphatic carbocycles. The van der Waals surface area contributed by atoms with E-state index < -0.39 is 6.04 Å². The first-order chi connectivity index (χ1) is 11.9. The number of carbonyl (C=O) groups is 2. The third-order valence-electron chi connectivity index (χ3n) is 4.00. The fourth-order valence-corrected chi connectivity index (χ4v) is 2.55. The molecule has 132 valence electrons. The minimum Gasteiger partial charge on any atom is -0.392 e. The van der Waals surface area contributed by atoms with Crippen LogP contribution in [0.3, 0.4) is 0 Å². The van der Waals surface area contributed by atoms with Crippen LogP contribution in [0.2, 0.25) is 0 Å². The van der Waals surface area contributed by atoms with Crippen molar-refractivity contribution in [2.24, 2.45) is 5.92 Å². The van der Waals surface area contributed by atoms with Gasteiger partial charge in [-0.1, -0.05) is 44.2 Å². The van der Waals surface area contributed by atoms with Crippen LogP contribution in [0.15, 0.2) is 48.5 Å². The van der Waals surface area contributed by atoms with Crippen LogP contribution in [0.1, 0.15) is 35.3 Å². The number of aliphatic hydroxyl groups is 1. The maximum absolute atomic E-state index is 12.6. The van der Waals surface area contributed by atoms with Crippen LogP contribution in [0.5, 0.6) is 0 Å². The summed E-state index contributed by atoms with van der Waals surface area (Å²) in [5.74, 6) is -0.628. The average molecular weight is 340 g/mol. The van der Waals surface area contributed by atoms with E-state index in [1.807, 2.05) is 32.9 Å². The summed E-state index contributed by atoms with van der Waals surface area (Å²) < 4.78 is 0. The first-order valence-corrected chi connectivity index (χ1v) is 8.29. The zero-order valence-electron chi connectivity index (χ0n) is 14.7. The second-order valence-corrected chi connectivity index (χ2v) is 6.36. The normalized spacial score (nSPS) is 11.9. The monoisotopic (exact) mass is 340 g/mol. The molecule has 0 aliphatic rings. The highest BCUT2D eigenvalue weighted by molar-refractivity contribution is 6.01. The molecule has 0 saturated heterocycles. The Morgan fingerprint density at radius 1 is 1.08 bits per heavy atom. The molecule has 2 amide bonds. The molecular formula is C20H24N2O3. The molecule has 0 aromatic heterocycles. The van der Waals surface area contributed by atoms with Crippen LogP contribution in [0.25, 0.3) is 0 Å². The van der Waals surface area contributed by atoms with Crippen LogP contribution >= 0.6 is 0 Å². The van der Waals surface area contributed by atoms with Crippen LogP contribution in [0.4, 0.5) is 5.69 Å². The summed E-state index contributed by atoms with van der Waals surface area (Å²) in [6, 6.07) is 13.6. The van der Waals surface area contributed by atoms with E-state index in [-0.39, 0.29) is 24.3 Å². The van der Waals surface area contributed by atoms with Gasteiger partial charge in [-0.15, -0.1) is 0 Å². The molecule has 5 heteroatoms. The number of aryl methyl sites for hydroxylation is 1. The fourth-order valence-electron chi connectivity index (χ4n) is 2.55. The number of rotatable bonds is 6. The van der Waals surface area contributed by atoms with Gasteiger partial charge in [-0.2, -0.15) is 0 Å². The predicted molar refractivity (Wildman–Crippen MR) is 98.3 cm³/mol. The van der Waals surface area contributed by atoms with E-state index in [0.717, 1.165) is 5.56 Å². The topological polar surface area (TPSA) is 78.4 Å². The fraction of sp³-hybridized carbons (Fsp3) is 0.300. The Morgan fingerprint density at radius 3 is 2.44 bits per heavy atom. The van der Waals surface area contributed by atoms with Crippen LogP contribution in [0, 0.1) is 12.8 Å². The molecule has 5 nitrogen and oxygen atoms in total. The van der Waals surface area contributed by atoms with Gasteiger partial charge in [0.05, 0.1) is 6.61 Å². The van der Waals surface area contributed by atoms with Crippen molar-refractivity contribution in [2.75, 3.05) is 5.32 Å². The third-order valence-corrected chi connectivity index (χ3v) is 4.00. The summed E-state index contributed by atoms with van der Waals surface area (Å²) >= 11 is 0. The molecule has 0 aliphatic heterocycles. The first kappa shape index (κ1) is 18.7. The second kappa shape index (κ2) is 8.44. The van der Waals surface area contributed by atoms with Crippen molar-refractivity contribution < 1.29 is 14.7 Å². The quantitative estimate of drug-likeness (QED) is 0.756. The number of hydrogen-bond acceptors (Lipinski definition) is 3. The van der Waals surface area contributed by atoms with Gasteiger partial charge >= 0.3 is 0 Å². The second-order valence-electron chi connectivity index (χ2n) is 6.36. The van der Waals surface area contributed by atoms with Gasteiger partial charge in [0.25, 0.3) is 5.91 Å². The largest absolute Gasteiger partial charge is 0.392 e. The van der Waals surface area contributed by atoms with E-state index in [4.69, 9.17) is 0 Å².